The highest BCUT2D eigenvalue weighted by molar-refractivity contribution is 7.10. The summed E-state index contributed by atoms with van der Waals surface area (Å²) >= 11 is 3.41. The molecule has 0 aliphatic carbocycles. The molecule has 0 saturated carbocycles. The van der Waals surface area contributed by atoms with Gasteiger partial charge in [-0.15, -0.1) is 22.7 Å². The van der Waals surface area contributed by atoms with Crippen molar-refractivity contribution >= 4 is 34.5 Å². The summed E-state index contributed by atoms with van der Waals surface area (Å²) in [4.78, 5) is 34.9. The minimum Gasteiger partial charge on any atom is -0.497 e. The molecule has 0 spiro atoms. The molecule has 5 rings (SSSR count). The van der Waals surface area contributed by atoms with Gasteiger partial charge in [0.2, 0.25) is 11.8 Å². The molecule has 3 aromatic rings. The maximum absolute atomic E-state index is 13.4. The summed E-state index contributed by atoms with van der Waals surface area (Å²) in [5.74, 6) is 1.12. The first kappa shape index (κ1) is 24.0. The molecule has 184 valence electrons. The number of hydrogen-bond acceptors (Lipinski definition) is 6. The van der Waals surface area contributed by atoms with E-state index < -0.39 is 0 Å². The zero-order chi connectivity index (χ0) is 24.4. The molecule has 0 N–H and O–H groups in total. The van der Waals surface area contributed by atoms with Crippen LogP contribution in [-0.2, 0) is 22.4 Å². The van der Waals surface area contributed by atoms with Crippen LogP contribution in [0.5, 0.6) is 5.75 Å². The molecule has 1 saturated heterocycles. The number of fused-ring (bicyclic) bond motifs is 1. The molecule has 0 radical (unpaired) electrons. The smallest absolute Gasteiger partial charge is 0.236 e. The largest absolute Gasteiger partial charge is 0.497 e. The number of nitrogens with zero attached hydrogens (tertiary/aromatic N) is 3. The molecule has 35 heavy (non-hydrogen) atoms. The summed E-state index contributed by atoms with van der Waals surface area (Å²) in [7, 11) is 1.67. The predicted molar refractivity (Wildman–Crippen MR) is 140 cm³/mol. The third-order valence-corrected chi connectivity index (χ3v) is 8.91. The van der Waals surface area contributed by atoms with Gasteiger partial charge in [-0.2, -0.15) is 0 Å². The Morgan fingerprint density at radius 2 is 1.83 bits per heavy atom. The van der Waals surface area contributed by atoms with Gasteiger partial charge in [0.15, 0.2) is 0 Å². The Hall–Kier alpha value is -2.68. The molecule has 1 aromatic carbocycles. The fourth-order valence-corrected chi connectivity index (χ4v) is 6.81. The molecule has 4 heterocycles. The first-order valence-electron chi connectivity index (χ1n) is 12.1. The summed E-state index contributed by atoms with van der Waals surface area (Å²) in [6.45, 7) is 5.04. The molecule has 2 atom stereocenters. The quantitative estimate of drug-likeness (QED) is 0.503. The van der Waals surface area contributed by atoms with Crippen LogP contribution >= 0.6 is 22.7 Å². The van der Waals surface area contributed by atoms with Crippen molar-refractivity contribution in [2.24, 2.45) is 0 Å². The second kappa shape index (κ2) is 10.5. The van der Waals surface area contributed by atoms with Gasteiger partial charge < -0.3 is 14.5 Å². The number of carbonyl (C=O) groups is 2. The summed E-state index contributed by atoms with van der Waals surface area (Å²) < 4.78 is 5.35. The van der Waals surface area contributed by atoms with Crippen LogP contribution in [-0.4, -0.2) is 72.4 Å². The van der Waals surface area contributed by atoms with Gasteiger partial charge in [-0.25, -0.2) is 0 Å². The van der Waals surface area contributed by atoms with Crippen molar-refractivity contribution in [3.63, 3.8) is 0 Å². The zero-order valence-corrected chi connectivity index (χ0v) is 21.8. The number of thiophene rings is 2. The van der Waals surface area contributed by atoms with E-state index in [1.165, 1.54) is 16.0 Å². The number of benzene rings is 1. The number of methoxy groups -OCH3 is 1. The normalized spacial score (nSPS) is 20.5. The van der Waals surface area contributed by atoms with Crippen LogP contribution in [0.25, 0.3) is 0 Å². The van der Waals surface area contributed by atoms with Gasteiger partial charge in [0.05, 0.1) is 26.1 Å². The van der Waals surface area contributed by atoms with E-state index in [2.05, 4.69) is 28.5 Å². The van der Waals surface area contributed by atoms with Crippen molar-refractivity contribution < 1.29 is 14.3 Å². The number of ether oxygens (including phenoxy) is 1. The topological polar surface area (TPSA) is 53.1 Å². The monoisotopic (exact) mass is 509 g/mol. The molecule has 2 amide bonds. The van der Waals surface area contributed by atoms with Crippen LogP contribution in [0.15, 0.2) is 53.2 Å². The Kier molecular flexibility index (Phi) is 7.22. The van der Waals surface area contributed by atoms with Gasteiger partial charge in [-0.05, 0) is 59.5 Å². The van der Waals surface area contributed by atoms with Gasteiger partial charge in [-0.3, -0.25) is 14.5 Å². The fourth-order valence-electron chi connectivity index (χ4n) is 5.21. The van der Waals surface area contributed by atoms with E-state index in [1.54, 1.807) is 29.8 Å². The number of piperazine rings is 1. The lowest BCUT2D eigenvalue weighted by atomic mass is 9.93. The number of hydrogen-bond donors (Lipinski definition) is 0. The van der Waals surface area contributed by atoms with Gasteiger partial charge in [0, 0.05) is 42.0 Å². The third-order valence-electron chi connectivity index (χ3n) is 7.04. The van der Waals surface area contributed by atoms with Crippen molar-refractivity contribution in [2.45, 2.75) is 31.8 Å². The maximum atomic E-state index is 13.4. The summed E-state index contributed by atoms with van der Waals surface area (Å²) in [6.07, 6.45) is 1.41. The highest BCUT2D eigenvalue weighted by atomic mass is 32.1. The van der Waals surface area contributed by atoms with E-state index in [0.29, 0.717) is 32.6 Å². The zero-order valence-electron chi connectivity index (χ0n) is 20.2. The summed E-state index contributed by atoms with van der Waals surface area (Å²) in [5, 5.41) is 4.15. The minimum atomic E-state index is 0.0161. The molecule has 2 aliphatic heterocycles. The lowest BCUT2D eigenvalue weighted by Crippen LogP contribution is -2.57. The minimum absolute atomic E-state index is 0.0161. The first-order valence-corrected chi connectivity index (χ1v) is 13.8. The Bertz CT molecular complexity index is 1160. The van der Waals surface area contributed by atoms with Crippen LogP contribution in [0, 0.1) is 0 Å². The van der Waals surface area contributed by atoms with Crippen LogP contribution in [0.3, 0.4) is 0 Å². The third kappa shape index (κ3) is 5.15. The molecule has 0 unspecified atom stereocenters. The van der Waals surface area contributed by atoms with Gasteiger partial charge in [0.1, 0.15) is 5.75 Å². The summed E-state index contributed by atoms with van der Waals surface area (Å²) in [6, 6.07) is 14.4. The Morgan fingerprint density at radius 3 is 2.54 bits per heavy atom. The SMILES string of the molecule is COc1ccc([C@@H]2c3ccsc3CCN2CC(=O)N2CCN(C(=O)Cc3cccs3)[C@H](C)C2)cc1. The second-order valence-electron chi connectivity index (χ2n) is 9.23. The van der Waals surface area contributed by atoms with Crippen molar-refractivity contribution in [3.8, 4) is 5.75 Å². The average molecular weight is 510 g/mol. The number of carbonyl (C=O) groups excluding carboxylic acids is 2. The number of rotatable bonds is 6. The second-order valence-corrected chi connectivity index (χ2v) is 11.3. The van der Waals surface area contributed by atoms with Crippen LogP contribution < -0.4 is 4.74 Å². The Morgan fingerprint density at radius 1 is 1.00 bits per heavy atom. The van der Waals surface area contributed by atoms with Crippen molar-refractivity contribution in [1.82, 2.24) is 14.7 Å². The standard InChI is InChI=1S/C27H31N3O3S2/c1-19-17-28(12-13-30(19)25(31)16-22-4-3-14-34-22)26(32)18-29-11-9-24-23(10-15-35-24)27(29)20-5-7-21(33-2)8-6-20/h3-8,10,14-15,19,27H,9,11-13,16-18H2,1-2H3/t19-,27-/m1/s1. The Balaban J connectivity index is 1.26. The van der Waals surface area contributed by atoms with Gasteiger partial charge >= 0.3 is 0 Å². The fraction of sp³-hybridized carbons (Fsp3) is 0.407. The first-order chi connectivity index (χ1) is 17.0. The van der Waals surface area contributed by atoms with Gasteiger partial charge in [-0.1, -0.05) is 18.2 Å². The van der Waals surface area contributed by atoms with E-state index in [1.807, 2.05) is 46.4 Å². The molecule has 0 bridgehead atoms. The average Bonchev–Trinajstić information content (AvgIpc) is 3.56. The highest BCUT2D eigenvalue weighted by Crippen LogP contribution is 2.38. The van der Waals surface area contributed by atoms with E-state index in [0.717, 1.165) is 23.6 Å². The van der Waals surface area contributed by atoms with Crippen LogP contribution in [0.4, 0.5) is 0 Å². The van der Waals surface area contributed by atoms with E-state index in [-0.39, 0.29) is 23.9 Å². The molecule has 1 fully saturated rings. The van der Waals surface area contributed by atoms with E-state index >= 15 is 0 Å². The lowest BCUT2D eigenvalue weighted by molar-refractivity contribution is -0.143. The van der Waals surface area contributed by atoms with Crippen molar-refractivity contribution in [1.29, 1.82) is 0 Å². The van der Waals surface area contributed by atoms with Crippen molar-refractivity contribution in [3.05, 3.63) is 74.1 Å². The molecule has 2 aliphatic rings. The molecular weight excluding hydrogens is 478 g/mol. The van der Waals surface area contributed by atoms with Gasteiger partial charge in [0.25, 0.3) is 0 Å². The van der Waals surface area contributed by atoms with Crippen LogP contribution in [0.1, 0.15) is 33.8 Å². The lowest BCUT2D eigenvalue weighted by Gasteiger charge is -2.42. The van der Waals surface area contributed by atoms with Crippen molar-refractivity contribution in [2.75, 3.05) is 39.8 Å². The maximum Gasteiger partial charge on any atom is 0.236 e. The van der Waals surface area contributed by atoms with E-state index in [4.69, 9.17) is 4.74 Å². The molecule has 2 aromatic heterocycles. The molecule has 6 nitrogen and oxygen atoms in total. The summed E-state index contributed by atoms with van der Waals surface area (Å²) in [5.41, 5.74) is 2.48. The molecular formula is C27H31N3O3S2. The van der Waals surface area contributed by atoms with E-state index in [9.17, 15) is 9.59 Å². The Labute approximate surface area is 214 Å². The predicted octanol–water partition coefficient (Wildman–Crippen LogP) is 4.07. The van der Waals surface area contributed by atoms with Crippen LogP contribution in [0.2, 0.25) is 0 Å². The molecule has 8 heteroatoms. The highest BCUT2D eigenvalue weighted by Gasteiger charge is 2.34. The number of amides is 2.